The molecule has 0 aromatic heterocycles. The first-order chi connectivity index (χ1) is 6.75. The minimum absolute atomic E-state index is 0.503. The Balaban J connectivity index is 2.64. The Hall–Kier alpha value is -0.570. The quantitative estimate of drug-likeness (QED) is 0.755. The molecule has 1 aliphatic rings. The Morgan fingerprint density at radius 2 is 2.13 bits per heavy atom. The van der Waals surface area contributed by atoms with Crippen molar-refractivity contribution in [1.82, 2.24) is 0 Å². The maximum Gasteiger partial charge on any atom is 0.309 e. The number of hydrogen-bond acceptors (Lipinski definition) is 2. The maximum absolute atomic E-state index is 11.3. The van der Waals surface area contributed by atoms with Crippen molar-refractivity contribution < 1.29 is 15.0 Å². The maximum atomic E-state index is 11.3. The van der Waals surface area contributed by atoms with Gasteiger partial charge in [-0.05, 0) is 51.9 Å². The summed E-state index contributed by atoms with van der Waals surface area (Å²) in [4.78, 5) is 11.3. The van der Waals surface area contributed by atoms with E-state index in [0.29, 0.717) is 18.8 Å². The topological polar surface area (TPSA) is 57.5 Å². The van der Waals surface area contributed by atoms with Crippen LogP contribution >= 0.6 is 0 Å². The van der Waals surface area contributed by atoms with Crippen molar-refractivity contribution >= 4 is 5.97 Å². The zero-order valence-corrected chi connectivity index (χ0v) is 9.92. The molecule has 0 amide bonds. The molecule has 0 aromatic rings. The Morgan fingerprint density at radius 1 is 1.53 bits per heavy atom. The van der Waals surface area contributed by atoms with Crippen molar-refractivity contribution in [1.29, 1.82) is 0 Å². The van der Waals surface area contributed by atoms with Gasteiger partial charge in [0.25, 0.3) is 0 Å². The van der Waals surface area contributed by atoms with Gasteiger partial charge in [-0.2, -0.15) is 0 Å². The predicted octanol–water partition coefficient (Wildman–Crippen LogP) is 2.43. The number of hydrogen-bond donors (Lipinski definition) is 2. The number of carbonyl (C=O) groups is 1. The van der Waals surface area contributed by atoms with Crippen LogP contribution in [0.1, 0.15) is 52.9 Å². The van der Waals surface area contributed by atoms with E-state index in [9.17, 15) is 15.0 Å². The van der Waals surface area contributed by atoms with Crippen LogP contribution in [0, 0.1) is 11.3 Å². The molecule has 2 N–H and O–H groups in total. The van der Waals surface area contributed by atoms with Gasteiger partial charge in [-0.1, -0.05) is 6.92 Å². The Bertz CT molecular complexity index is 242. The number of aliphatic carboxylic acids is 1. The van der Waals surface area contributed by atoms with Gasteiger partial charge in [0.15, 0.2) is 0 Å². The van der Waals surface area contributed by atoms with Crippen LogP contribution in [0.3, 0.4) is 0 Å². The molecule has 0 heterocycles. The van der Waals surface area contributed by atoms with E-state index in [-0.39, 0.29) is 0 Å². The zero-order chi connectivity index (χ0) is 11.7. The summed E-state index contributed by atoms with van der Waals surface area (Å²) in [6, 6.07) is 0. The smallest absolute Gasteiger partial charge is 0.309 e. The molecular weight excluding hydrogens is 192 g/mol. The Kier molecular flexibility index (Phi) is 3.44. The van der Waals surface area contributed by atoms with Gasteiger partial charge in [-0.15, -0.1) is 0 Å². The molecule has 0 saturated heterocycles. The van der Waals surface area contributed by atoms with Gasteiger partial charge in [0.1, 0.15) is 0 Å². The number of rotatable bonds is 4. The lowest BCUT2D eigenvalue weighted by Gasteiger charge is -2.27. The normalized spacial score (nSPS) is 31.9. The van der Waals surface area contributed by atoms with E-state index in [0.717, 1.165) is 19.3 Å². The third kappa shape index (κ3) is 3.20. The lowest BCUT2D eigenvalue weighted by molar-refractivity contribution is -0.149. The molecule has 2 atom stereocenters. The third-order valence-electron chi connectivity index (χ3n) is 3.52. The van der Waals surface area contributed by atoms with Crippen molar-refractivity contribution in [2.75, 3.05) is 0 Å². The first-order valence-electron chi connectivity index (χ1n) is 5.71. The van der Waals surface area contributed by atoms with Crippen molar-refractivity contribution in [3.05, 3.63) is 0 Å². The molecule has 0 spiro atoms. The van der Waals surface area contributed by atoms with E-state index in [4.69, 9.17) is 0 Å². The Morgan fingerprint density at radius 3 is 2.47 bits per heavy atom. The van der Waals surface area contributed by atoms with Gasteiger partial charge in [-0.25, -0.2) is 0 Å². The van der Waals surface area contributed by atoms with Gasteiger partial charge in [0.05, 0.1) is 11.0 Å². The predicted molar refractivity (Wildman–Crippen MR) is 58.6 cm³/mol. The molecule has 1 aliphatic carbocycles. The van der Waals surface area contributed by atoms with E-state index < -0.39 is 17.0 Å². The van der Waals surface area contributed by atoms with E-state index >= 15 is 0 Å². The molecule has 3 heteroatoms. The van der Waals surface area contributed by atoms with Crippen LogP contribution in [0.4, 0.5) is 0 Å². The molecule has 1 saturated carbocycles. The molecular formula is C12H22O3. The van der Waals surface area contributed by atoms with Crippen LogP contribution in [0.25, 0.3) is 0 Å². The second kappa shape index (κ2) is 4.12. The summed E-state index contributed by atoms with van der Waals surface area (Å²) < 4.78 is 0. The SMILES string of the molecule is CC1CCC(CCC(C)(C)O)(C(=O)O)C1. The van der Waals surface area contributed by atoms with E-state index in [1.54, 1.807) is 13.8 Å². The Labute approximate surface area is 91.5 Å². The van der Waals surface area contributed by atoms with Gasteiger partial charge in [0, 0.05) is 0 Å². The molecule has 0 aromatic carbocycles. The highest BCUT2D eigenvalue weighted by Gasteiger charge is 2.44. The molecule has 1 fully saturated rings. The standard InChI is InChI=1S/C12H22O3/c1-9-4-5-12(8-9,10(13)14)7-6-11(2,3)15/h9,15H,4-8H2,1-3H3,(H,13,14). The number of carboxylic acid groups (broad SMARTS) is 1. The number of carboxylic acids is 1. The van der Waals surface area contributed by atoms with Crippen LogP contribution in [-0.2, 0) is 4.79 Å². The van der Waals surface area contributed by atoms with Crippen molar-refractivity contribution in [3.63, 3.8) is 0 Å². The van der Waals surface area contributed by atoms with Gasteiger partial charge >= 0.3 is 5.97 Å². The van der Waals surface area contributed by atoms with Crippen LogP contribution in [0.15, 0.2) is 0 Å². The fourth-order valence-corrected chi connectivity index (χ4v) is 2.47. The lowest BCUT2D eigenvalue weighted by Crippen LogP contribution is -2.31. The highest BCUT2D eigenvalue weighted by molar-refractivity contribution is 5.75. The summed E-state index contributed by atoms with van der Waals surface area (Å²) in [5, 5.41) is 18.9. The minimum atomic E-state index is -0.756. The average molecular weight is 214 g/mol. The summed E-state index contributed by atoms with van der Waals surface area (Å²) >= 11 is 0. The third-order valence-corrected chi connectivity index (χ3v) is 3.52. The first-order valence-corrected chi connectivity index (χ1v) is 5.71. The van der Waals surface area contributed by atoms with Gasteiger partial charge in [-0.3, -0.25) is 4.79 Å². The monoisotopic (exact) mass is 214 g/mol. The van der Waals surface area contributed by atoms with Crippen LogP contribution in [0.5, 0.6) is 0 Å². The largest absolute Gasteiger partial charge is 0.481 e. The lowest BCUT2D eigenvalue weighted by atomic mass is 9.78. The molecule has 1 rings (SSSR count). The fraction of sp³-hybridized carbons (Fsp3) is 0.917. The van der Waals surface area contributed by atoms with E-state index in [1.165, 1.54) is 0 Å². The summed E-state index contributed by atoms with van der Waals surface area (Å²) in [5.41, 5.74) is -1.33. The molecule has 0 bridgehead atoms. The van der Waals surface area contributed by atoms with Crippen molar-refractivity contribution in [3.8, 4) is 0 Å². The highest BCUT2D eigenvalue weighted by Crippen LogP contribution is 2.46. The highest BCUT2D eigenvalue weighted by atomic mass is 16.4. The average Bonchev–Trinajstić information content (AvgIpc) is 2.44. The van der Waals surface area contributed by atoms with Crippen molar-refractivity contribution in [2.45, 2.75) is 58.5 Å². The molecule has 2 unspecified atom stereocenters. The molecule has 15 heavy (non-hydrogen) atoms. The zero-order valence-electron chi connectivity index (χ0n) is 9.92. The number of aliphatic hydroxyl groups is 1. The van der Waals surface area contributed by atoms with Crippen LogP contribution in [-0.4, -0.2) is 21.8 Å². The van der Waals surface area contributed by atoms with Gasteiger partial charge in [0.2, 0.25) is 0 Å². The van der Waals surface area contributed by atoms with Crippen molar-refractivity contribution in [2.24, 2.45) is 11.3 Å². The summed E-state index contributed by atoms with van der Waals surface area (Å²) in [5.74, 6) is -0.181. The van der Waals surface area contributed by atoms with Crippen LogP contribution in [0.2, 0.25) is 0 Å². The second-order valence-corrected chi connectivity index (χ2v) is 5.75. The first kappa shape index (κ1) is 12.5. The van der Waals surface area contributed by atoms with Crippen LogP contribution < -0.4 is 0 Å². The second-order valence-electron chi connectivity index (χ2n) is 5.75. The molecule has 88 valence electrons. The van der Waals surface area contributed by atoms with E-state index in [1.807, 2.05) is 0 Å². The summed E-state index contributed by atoms with van der Waals surface area (Å²) in [6.07, 6.45) is 3.68. The summed E-state index contributed by atoms with van der Waals surface area (Å²) in [6.45, 7) is 5.58. The van der Waals surface area contributed by atoms with E-state index in [2.05, 4.69) is 6.92 Å². The summed E-state index contributed by atoms with van der Waals surface area (Å²) in [7, 11) is 0. The van der Waals surface area contributed by atoms with Gasteiger partial charge < -0.3 is 10.2 Å². The minimum Gasteiger partial charge on any atom is -0.481 e. The molecule has 3 nitrogen and oxygen atoms in total. The fourth-order valence-electron chi connectivity index (χ4n) is 2.47. The molecule has 0 radical (unpaired) electrons. The molecule has 0 aliphatic heterocycles.